The summed E-state index contributed by atoms with van der Waals surface area (Å²) in [5.41, 5.74) is 1.77. The average Bonchev–Trinajstić information content (AvgIpc) is 2.38. The van der Waals surface area contributed by atoms with Crippen molar-refractivity contribution in [2.45, 2.75) is 31.8 Å². The smallest absolute Gasteiger partial charge is 0.325 e. The lowest BCUT2D eigenvalue weighted by Crippen LogP contribution is -2.42. The molecule has 0 amide bonds. The third kappa shape index (κ3) is 2.24. The Morgan fingerprint density at radius 3 is 2.89 bits per heavy atom. The molecule has 0 spiro atoms. The largest absolute Gasteiger partial charge is 0.496 e. The molecular weight excluding hydrogens is 298 g/mol. The highest BCUT2D eigenvalue weighted by atomic mass is 79.9. The fraction of sp³-hybridized carbons (Fsp3) is 0.462. The summed E-state index contributed by atoms with van der Waals surface area (Å²) in [5, 5.41) is 12.5. The van der Waals surface area contributed by atoms with Gasteiger partial charge in [0.2, 0.25) is 0 Å². The highest BCUT2D eigenvalue weighted by molar-refractivity contribution is 9.10. The lowest BCUT2D eigenvalue weighted by molar-refractivity contribution is -0.140. The van der Waals surface area contributed by atoms with Gasteiger partial charge in [0, 0.05) is 16.1 Å². The molecule has 2 atom stereocenters. The molecule has 0 aliphatic carbocycles. The number of aliphatic carboxylic acids is 1. The van der Waals surface area contributed by atoms with Crippen LogP contribution in [-0.4, -0.2) is 24.2 Å². The molecule has 0 bridgehead atoms. The summed E-state index contributed by atoms with van der Waals surface area (Å²) in [4.78, 5) is 11.4. The molecule has 1 aromatic carbocycles. The Bertz CT molecular complexity index is 476. The number of carbonyl (C=O) groups is 1. The third-order valence-corrected chi connectivity index (χ3v) is 4.10. The molecule has 0 saturated carbocycles. The van der Waals surface area contributed by atoms with Gasteiger partial charge >= 0.3 is 5.97 Å². The number of carboxylic acids is 1. The number of hydrogen-bond donors (Lipinski definition) is 2. The second-order valence-corrected chi connectivity index (χ2v) is 5.24. The molecule has 0 aromatic heterocycles. The van der Waals surface area contributed by atoms with E-state index in [1.165, 1.54) is 0 Å². The molecule has 0 saturated heterocycles. The Labute approximate surface area is 114 Å². The van der Waals surface area contributed by atoms with E-state index in [9.17, 15) is 9.90 Å². The SMILES string of the molecule is CCC1Cc2c(Br)ccc(OC)c2C(C(=O)O)N1. The molecule has 1 heterocycles. The van der Waals surface area contributed by atoms with Gasteiger partial charge in [-0.3, -0.25) is 10.1 Å². The van der Waals surface area contributed by atoms with Gasteiger partial charge in [-0.2, -0.15) is 0 Å². The molecule has 4 nitrogen and oxygen atoms in total. The molecule has 0 radical (unpaired) electrons. The van der Waals surface area contributed by atoms with Crippen LogP contribution in [0.25, 0.3) is 0 Å². The Kier molecular flexibility index (Phi) is 3.92. The van der Waals surface area contributed by atoms with E-state index in [1.54, 1.807) is 13.2 Å². The predicted octanol–water partition coefficient (Wildman–Crippen LogP) is 2.51. The maximum atomic E-state index is 11.4. The highest BCUT2D eigenvalue weighted by Gasteiger charge is 2.34. The Morgan fingerprint density at radius 2 is 2.33 bits per heavy atom. The van der Waals surface area contributed by atoms with Crippen molar-refractivity contribution in [3.63, 3.8) is 0 Å². The van der Waals surface area contributed by atoms with Crippen LogP contribution in [0.5, 0.6) is 5.75 Å². The Balaban J connectivity index is 2.57. The van der Waals surface area contributed by atoms with Crippen molar-refractivity contribution in [2.24, 2.45) is 0 Å². The lowest BCUT2D eigenvalue weighted by Gasteiger charge is -2.32. The molecule has 2 rings (SSSR count). The van der Waals surface area contributed by atoms with Crippen LogP contribution >= 0.6 is 15.9 Å². The summed E-state index contributed by atoms with van der Waals surface area (Å²) in [6.07, 6.45) is 1.71. The van der Waals surface area contributed by atoms with E-state index in [0.29, 0.717) is 5.75 Å². The minimum atomic E-state index is -0.870. The summed E-state index contributed by atoms with van der Waals surface area (Å²) in [5.74, 6) is -0.242. The number of halogens is 1. The van der Waals surface area contributed by atoms with E-state index in [2.05, 4.69) is 28.2 Å². The fourth-order valence-corrected chi connectivity index (χ4v) is 2.91. The zero-order valence-electron chi connectivity index (χ0n) is 10.4. The zero-order chi connectivity index (χ0) is 13.3. The zero-order valence-corrected chi connectivity index (χ0v) is 12.0. The first kappa shape index (κ1) is 13.4. The fourth-order valence-electron chi connectivity index (χ4n) is 2.40. The first-order valence-corrected chi connectivity index (χ1v) is 6.71. The van der Waals surface area contributed by atoms with E-state index >= 15 is 0 Å². The summed E-state index contributed by atoms with van der Waals surface area (Å²) in [7, 11) is 1.56. The number of methoxy groups -OCH3 is 1. The van der Waals surface area contributed by atoms with Crippen LogP contribution in [0.2, 0.25) is 0 Å². The molecule has 2 unspecified atom stereocenters. The number of fused-ring (bicyclic) bond motifs is 1. The van der Waals surface area contributed by atoms with Crippen molar-refractivity contribution < 1.29 is 14.6 Å². The molecule has 1 aromatic rings. The first-order valence-electron chi connectivity index (χ1n) is 5.92. The minimum absolute atomic E-state index is 0.182. The number of ether oxygens (including phenoxy) is 1. The molecule has 5 heteroatoms. The summed E-state index contributed by atoms with van der Waals surface area (Å²) in [6, 6.07) is 3.19. The number of carboxylic acid groups (broad SMARTS) is 1. The standard InChI is InChI=1S/C13H16BrNO3/c1-3-7-6-8-9(14)4-5-10(18-2)11(8)12(15-7)13(16)17/h4-5,7,12,15H,3,6H2,1-2H3,(H,16,17). The molecule has 2 N–H and O–H groups in total. The summed E-state index contributed by atoms with van der Waals surface area (Å²) < 4.78 is 6.24. The van der Waals surface area contributed by atoms with Crippen LogP contribution in [0.1, 0.15) is 30.5 Å². The van der Waals surface area contributed by atoms with Gasteiger partial charge in [-0.25, -0.2) is 0 Å². The maximum Gasteiger partial charge on any atom is 0.325 e. The van der Waals surface area contributed by atoms with Gasteiger partial charge in [0.15, 0.2) is 0 Å². The number of rotatable bonds is 3. The van der Waals surface area contributed by atoms with E-state index in [0.717, 1.165) is 28.4 Å². The highest BCUT2D eigenvalue weighted by Crippen LogP contribution is 2.38. The van der Waals surface area contributed by atoms with Crippen molar-refractivity contribution in [3.8, 4) is 5.75 Å². The van der Waals surface area contributed by atoms with Crippen molar-refractivity contribution in [1.29, 1.82) is 0 Å². The number of benzene rings is 1. The van der Waals surface area contributed by atoms with Crippen LogP contribution < -0.4 is 10.1 Å². The molecule has 0 fully saturated rings. The van der Waals surface area contributed by atoms with Gasteiger partial charge in [0.1, 0.15) is 11.8 Å². The minimum Gasteiger partial charge on any atom is -0.496 e. The quantitative estimate of drug-likeness (QED) is 0.900. The van der Waals surface area contributed by atoms with Crippen molar-refractivity contribution in [2.75, 3.05) is 7.11 Å². The topological polar surface area (TPSA) is 58.6 Å². The van der Waals surface area contributed by atoms with E-state index < -0.39 is 12.0 Å². The Morgan fingerprint density at radius 1 is 1.61 bits per heavy atom. The molecular formula is C13H16BrNO3. The van der Waals surface area contributed by atoms with Gasteiger partial charge in [-0.15, -0.1) is 0 Å². The number of hydrogen-bond acceptors (Lipinski definition) is 3. The van der Waals surface area contributed by atoms with Gasteiger partial charge in [-0.1, -0.05) is 22.9 Å². The Hall–Kier alpha value is -1.07. The van der Waals surface area contributed by atoms with Gasteiger partial charge in [0.25, 0.3) is 0 Å². The van der Waals surface area contributed by atoms with Gasteiger partial charge in [0.05, 0.1) is 7.11 Å². The molecule has 98 valence electrons. The van der Waals surface area contributed by atoms with E-state index in [4.69, 9.17) is 4.74 Å². The van der Waals surface area contributed by atoms with Crippen LogP contribution in [0.15, 0.2) is 16.6 Å². The van der Waals surface area contributed by atoms with Crippen molar-refractivity contribution in [3.05, 3.63) is 27.7 Å². The first-order chi connectivity index (χ1) is 8.58. The summed E-state index contributed by atoms with van der Waals surface area (Å²) in [6.45, 7) is 2.05. The van der Waals surface area contributed by atoms with Crippen LogP contribution in [0.4, 0.5) is 0 Å². The van der Waals surface area contributed by atoms with Crippen LogP contribution in [0, 0.1) is 0 Å². The van der Waals surface area contributed by atoms with Crippen LogP contribution in [0.3, 0.4) is 0 Å². The monoisotopic (exact) mass is 313 g/mol. The lowest BCUT2D eigenvalue weighted by atomic mass is 9.88. The molecule has 1 aliphatic heterocycles. The van der Waals surface area contributed by atoms with E-state index in [1.807, 2.05) is 6.07 Å². The van der Waals surface area contributed by atoms with Crippen molar-refractivity contribution >= 4 is 21.9 Å². The normalized spacial score (nSPS) is 22.4. The van der Waals surface area contributed by atoms with E-state index in [-0.39, 0.29) is 6.04 Å². The maximum absolute atomic E-state index is 11.4. The predicted molar refractivity (Wildman–Crippen MR) is 72.0 cm³/mol. The van der Waals surface area contributed by atoms with Gasteiger partial charge in [-0.05, 0) is 30.5 Å². The second kappa shape index (κ2) is 5.28. The average molecular weight is 314 g/mol. The second-order valence-electron chi connectivity index (χ2n) is 4.39. The number of nitrogens with one attached hydrogen (secondary N) is 1. The van der Waals surface area contributed by atoms with Crippen molar-refractivity contribution in [1.82, 2.24) is 5.32 Å². The molecule has 1 aliphatic rings. The summed E-state index contributed by atoms with van der Waals surface area (Å²) >= 11 is 3.50. The molecule has 18 heavy (non-hydrogen) atoms. The van der Waals surface area contributed by atoms with Gasteiger partial charge < -0.3 is 9.84 Å². The van der Waals surface area contributed by atoms with Crippen LogP contribution in [-0.2, 0) is 11.2 Å². The third-order valence-electron chi connectivity index (χ3n) is 3.36.